The summed E-state index contributed by atoms with van der Waals surface area (Å²) in [6.07, 6.45) is 12.7. The lowest BCUT2D eigenvalue weighted by atomic mass is 9.91. The van der Waals surface area contributed by atoms with E-state index in [2.05, 4.69) is 11.4 Å². The molecule has 0 radical (unpaired) electrons. The molecule has 0 aromatic rings. The zero-order chi connectivity index (χ0) is 19.3. The van der Waals surface area contributed by atoms with Crippen LogP contribution in [0.15, 0.2) is 59.3 Å². The minimum absolute atomic E-state index is 0.306. The third kappa shape index (κ3) is 4.48. The summed E-state index contributed by atoms with van der Waals surface area (Å²) in [7, 11) is 0. The first-order valence-corrected chi connectivity index (χ1v) is 8.81. The molecule has 2 fully saturated rings. The molecular formula is C21H27NO4. The van der Waals surface area contributed by atoms with Gasteiger partial charge in [0.2, 0.25) is 5.91 Å². The molecule has 3 unspecified atom stereocenters. The maximum Gasteiger partial charge on any atom is 0.236 e. The first-order valence-electron chi connectivity index (χ1n) is 8.81. The van der Waals surface area contributed by atoms with Gasteiger partial charge in [0.05, 0.1) is 6.61 Å². The van der Waals surface area contributed by atoms with E-state index in [0.29, 0.717) is 18.6 Å². The van der Waals surface area contributed by atoms with Crippen LogP contribution in [0.25, 0.3) is 0 Å². The van der Waals surface area contributed by atoms with Crippen LogP contribution in [0.4, 0.5) is 0 Å². The Labute approximate surface area is 154 Å². The third-order valence-corrected chi connectivity index (χ3v) is 4.69. The van der Waals surface area contributed by atoms with Gasteiger partial charge in [-0.2, -0.15) is 0 Å². The predicted molar refractivity (Wildman–Crippen MR) is 101 cm³/mol. The van der Waals surface area contributed by atoms with Crippen LogP contribution in [0.3, 0.4) is 0 Å². The smallest absolute Gasteiger partial charge is 0.236 e. The van der Waals surface area contributed by atoms with Crippen molar-refractivity contribution in [3.8, 4) is 0 Å². The van der Waals surface area contributed by atoms with Crippen LogP contribution < -0.4 is 5.32 Å². The Morgan fingerprint density at radius 3 is 2.65 bits per heavy atom. The zero-order valence-corrected chi connectivity index (χ0v) is 15.8. The molecule has 5 heteroatoms. The second kappa shape index (κ2) is 8.43. The Morgan fingerprint density at radius 2 is 1.96 bits per heavy atom. The number of rotatable bonds is 6. The largest absolute Gasteiger partial charge is 0.372 e. The van der Waals surface area contributed by atoms with E-state index in [1.165, 1.54) is 5.57 Å². The van der Waals surface area contributed by atoms with Gasteiger partial charge in [-0.1, -0.05) is 53.7 Å². The van der Waals surface area contributed by atoms with Gasteiger partial charge in [-0.3, -0.25) is 9.59 Å². The summed E-state index contributed by atoms with van der Waals surface area (Å²) in [5, 5.41) is 12.8. The number of hydrogen-bond donors (Lipinski definition) is 2. The van der Waals surface area contributed by atoms with Crippen molar-refractivity contribution in [3.05, 3.63) is 59.3 Å². The van der Waals surface area contributed by atoms with Crippen molar-refractivity contribution in [2.75, 3.05) is 6.61 Å². The maximum absolute atomic E-state index is 12.6. The molecule has 2 saturated heterocycles. The van der Waals surface area contributed by atoms with Crippen molar-refractivity contribution in [1.29, 1.82) is 0 Å². The fourth-order valence-electron chi connectivity index (χ4n) is 3.10. The summed E-state index contributed by atoms with van der Waals surface area (Å²) in [4.78, 5) is 24.6. The standard InChI is InChI=1S/C21H27NO4/c1-5-14(2)13-15(3)9-7-6-8-10-16(4)18(23)17-19-21(25,11-12-26-19)22-20(17)24/h5-10,13,17,19,25H,11-12H2,1-4H3,(H,22,24)/b8-6+,9-7+,14-5-,15-13+,16-10+. The van der Waals surface area contributed by atoms with Crippen molar-refractivity contribution < 1.29 is 19.4 Å². The Balaban J connectivity index is 2.00. The van der Waals surface area contributed by atoms with Crippen LogP contribution in [0, 0.1) is 5.92 Å². The molecule has 0 bridgehead atoms. The van der Waals surface area contributed by atoms with Gasteiger partial charge in [-0.05, 0) is 33.3 Å². The molecule has 2 aliphatic heterocycles. The summed E-state index contributed by atoms with van der Waals surface area (Å²) in [5.74, 6) is -1.78. The molecule has 0 aromatic carbocycles. The second-order valence-electron chi connectivity index (χ2n) is 6.81. The molecule has 0 spiro atoms. The predicted octanol–water partition coefficient (Wildman–Crippen LogP) is 2.75. The Hall–Kier alpha value is -2.24. The minimum atomic E-state index is -1.41. The van der Waals surface area contributed by atoms with Crippen molar-refractivity contribution in [2.24, 2.45) is 5.92 Å². The van der Waals surface area contributed by atoms with E-state index in [1.54, 1.807) is 19.1 Å². The summed E-state index contributed by atoms with van der Waals surface area (Å²) in [5.41, 5.74) is 1.36. The quantitative estimate of drug-likeness (QED) is 0.435. The molecule has 2 aliphatic rings. The SMILES string of the molecule is C\C=C(C)/C=C(C)/C=C/C=C/C=C(\C)C(=O)C1C(=O)NC2(O)CCOC12. The number of aliphatic hydroxyl groups is 1. The molecular weight excluding hydrogens is 330 g/mol. The molecule has 5 nitrogen and oxygen atoms in total. The van der Waals surface area contributed by atoms with Crippen molar-refractivity contribution in [2.45, 2.75) is 45.9 Å². The Bertz CT molecular complexity index is 726. The summed E-state index contributed by atoms with van der Waals surface area (Å²) < 4.78 is 5.42. The second-order valence-corrected chi connectivity index (χ2v) is 6.81. The highest BCUT2D eigenvalue weighted by Gasteiger charge is 2.58. The Morgan fingerprint density at radius 1 is 1.23 bits per heavy atom. The molecule has 2 heterocycles. The molecule has 0 saturated carbocycles. The summed E-state index contributed by atoms with van der Waals surface area (Å²) in [6, 6.07) is 0. The molecule has 140 valence electrons. The van der Waals surface area contributed by atoms with Crippen LogP contribution in [0.2, 0.25) is 0 Å². The molecule has 2 rings (SSSR count). The highest BCUT2D eigenvalue weighted by Crippen LogP contribution is 2.36. The monoisotopic (exact) mass is 357 g/mol. The molecule has 26 heavy (non-hydrogen) atoms. The van der Waals surface area contributed by atoms with Gasteiger partial charge >= 0.3 is 0 Å². The number of ketones is 1. The number of amides is 1. The van der Waals surface area contributed by atoms with E-state index in [1.807, 2.05) is 45.1 Å². The number of allylic oxidation sites excluding steroid dienone is 10. The van der Waals surface area contributed by atoms with E-state index in [-0.39, 0.29) is 5.78 Å². The van der Waals surface area contributed by atoms with Gasteiger partial charge in [0.1, 0.15) is 12.0 Å². The summed E-state index contributed by atoms with van der Waals surface area (Å²) >= 11 is 0. The normalized spacial score (nSPS) is 30.3. The lowest BCUT2D eigenvalue weighted by molar-refractivity contribution is -0.133. The first-order chi connectivity index (χ1) is 12.3. The number of nitrogens with one attached hydrogen (secondary N) is 1. The van der Waals surface area contributed by atoms with Crippen LogP contribution in [0.1, 0.15) is 34.1 Å². The van der Waals surface area contributed by atoms with Crippen molar-refractivity contribution >= 4 is 11.7 Å². The molecule has 2 N–H and O–H groups in total. The molecule has 0 aliphatic carbocycles. The average molecular weight is 357 g/mol. The van der Waals surface area contributed by atoms with Crippen LogP contribution in [-0.4, -0.2) is 35.2 Å². The van der Waals surface area contributed by atoms with Gasteiger partial charge in [-0.15, -0.1) is 0 Å². The number of ether oxygens (including phenoxy) is 1. The third-order valence-electron chi connectivity index (χ3n) is 4.69. The van der Waals surface area contributed by atoms with Gasteiger partial charge in [0.25, 0.3) is 0 Å². The zero-order valence-electron chi connectivity index (χ0n) is 15.8. The highest BCUT2D eigenvalue weighted by molar-refractivity contribution is 6.11. The maximum atomic E-state index is 12.6. The molecule has 3 atom stereocenters. The van der Waals surface area contributed by atoms with Gasteiger partial charge in [-0.25, -0.2) is 0 Å². The van der Waals surface area contributed by atoms with Crippen LogP contribution in [-0.2, 0) is 14.3 Å². The lowest BCUT2D eigenvalue weighted by Gasteiger charge is -2.21. The minimum Gasteiger partial charge on any atom is -0.372 e. The number of carbonyl (C=O) groups is 2. The first kappa shape index (κ1) is 20.1. The van der Waals surface area contributed by atoms with E-state index in [4.69, 9.17) is 4.74 Å². The van der Waals surface area contributed by atoms with Crippen molar-refractivity contribution in [1.82, 2.24) is 5.32 Å². The molecule has 1 amide bonds. The van der Waals surface area contributed by atoms with E-state index in [0.717, 1.165) is 5.57 Å². The van der Waals surface area contributed by atoms with E-state index in [9.17, 15) is 14.7 Å². The van der Waals surface area contributed by atoms with Crippen LogP contribution >= 0.6 is 0 Å². The fourth-order valence-corrected chi connectivity index (χ4v) is 3.10. The number of Topliss-reactive ketones (excluding diaryl/α,β-unsaturated/α-hetero) is 1. The van der Waals surface area contributed by atoms with Crippen LogP contribution in [0.5, 0.6) is 0 Å². The summed E-state index contributed by atoms with van der Waals surface area (Å²) in [6.45, 7) is 8.05. The van der Waals surface area contributed by atoms with E-state index < -0.39 is 23.7 Å². The topological polar surface area (TPSA) is 75.6 Å². The van der Waals surface area contributed by atoms with Gasteiger partial charge in [0.15, 0.2) is 11.5 Å². The Kier molecular flexibility index (Phi) is 6.51. The van der Waals surface area contributed by atoms with Gasteiger partial charge < -0.3 is 15.2 Å². The number of carbonyl (C=O) groups excluding carboxylic acids is 2. The van der Waals surface area contributed by atoms with Crippen molar-refractivity contribution in [3.63, 3.8) is 0 Å². The fraction of sp³-hybridized carbons (Fsp3) is 0.429. The number of fused-ring (bicyclic) bond motifs is 1. The molecule has 0 aromatic heterocycles. The lowest BCUT2D eigenvalue weighted by Crippen LogP contribution is -2.45. The average Bonchev–Trinajstić information content (AvgIpc) is 3.05. The number of hydrogen-bond acceptors (Lipinski definition) is 4. The highest BCUT2D eigenvalue weighted by atomic mass is 16.5. The van der Waals surface area contributed by atoms with E-state index >= 15 is 0 Å². The van der Waals surface area contributed by atoms with Gasteiger partial charge in [0, 0.05) is 6.42 Å².